The van der Waals surface area contributed by atoms with Gasteiger partial charge in [-0.25, -0.2) is 9.97 Å². The zero-order valence-corrected chi connectivity index (χ0v) is 11.3. The molecule has 94 valence electrons. The fourth-order valence-electron chi connectivity index (χ4n) is 1.61. The van der Waals surface area contributed by atoms with Crippen molar-refractivity contribution in [2.45, 2.75) is 11.4 Å². The summed E-state index contributed by atoms with van der Waals surface area (Å²) in [6.07, 6.45) is 3.80. The topological polar surface area (TPSA) is 55.0 Å². The molecule has 0 fully saturated rings. The number of hydrogen-bond donors (Lipinski definition) is 1. The summed E-state index contributed by atoms with van der Waals surface area (Å²) in [5.41, 5.74) is 6.64. The van der Waals surface area contributed by atoms with Gasteiger partial charge >= 0.3 is 0 Å². The van der Waals surface area contributed by atoms with Gasteiger partial charge in [0.25, 0.3) is 0 Å². The molecule has 0 aliphatic heterocycles. The summed E-state index contributed by atoms with van der Waals surface area (Å²) in [4.78, 5) is 11.8. The molecule has 0 atom stereocenters. The van der Waals surface area contributed by atoms with Gasteiger partial charge in [-0.1, -0.05) is 0 Å². The Morgan fingerprint density at radius 3 is 2.56 bits per heavy atom. The highest BCUT2D eigenvalue weighted by molar-refractivity contribution is 7.98. The molecule has 1 aromatic heterocycles. The molecule has 0 bridgehead atoms. The zero-order chi connectivity index (χ0) is 13.0. The molecule has 0 aliphatic rings. The van der Waals surface area contributed by atoms with E-state index in [0.29, 0.717) is 12.4 Å². The third kappa shape index (κ3) is 2.80. The van der Waals surface area contributed by atoms with E-state index in [1.807, 2.05) is 18.0 Å². The highest BCUT2D eigenvalue weighted by Gasteiger charge is 2.06. The Labute approximate surface area is 111 Å². The molecule has 0 spiro atoms. The lowest BCUT2D eigenvalue weighted by molar-refractivity contribution is 0.899. The molecule has 1 heterocycles. The minimum atomic E-state index is 0.354. The fraction of sp³-hybridized carbons (Fsp3) is 0.231. The number of hydrogen-bond acceptors (Lipinski definition) is 5. The largest absolute Gasteiger partial charge is 0.329 e. The van der Waals surface area contributed by atoms with Crippen LogP contribution in [0.4, 0.5) is 11.5 Å². The highest BCUT2D eigenvalue weighted by Crippen LogP contribution is 2.24. The number of aromatic nitrogens is 2. The maximum absolute atomic E-state index is 5.55. The van der Waals surface area contributed by atoms with Crippen molar-refractivity contribution in [3.05, 3.63) is 42.4 Å². The number of anilines is 2. The van der Waals surface area contributed by atoms with E-state index in [0.717, 1.165) is 11.5 Å². The molecular weight excluding hydrogens is 244 g/mol. The van der Waals surface area contributed by atoms with Crippen LogP contribution in [0, 0.1) is 0 Å². The van der Waals surface area contributed by atoms with E-state index in [1.165, 1.54) is 4.90 Å². The Balaban J connectivity index is 2.25. The van der Waals surface area contributed by atoms with E-state index in [4.69, 9.17) is 5.73 Å². The predicted molar refractivity (Wildman–Crippen MR) is 76.2 cm³/mol. The molecule has 0 saturated heterocycles. The van der Waals surface area contributed by atoms with Crippen molar-refractivity contribution in [3.8, 4) is 0 Å². The second kappa shape index (κ2) is 5.84. The summed E-state index contributed by atoms with van der Waals surface area (Å²) in [5, 5.41) is 0. The molecule has 4 nitrogen and oxygen atoms in total. The second-order valence-electron chi connectivity index (χ2n) is 3.79. The SMILES string of the molecule is CSc1ccc(N(C)c2ccnc(CN)n2)cc1. The number of nitrogens with zero attached hydrogens (tertiary/aromatic N) is 3. The fourth-order valence-corrected chi connectivity index (χ4v) is 2.02. The minimum Gasteiger partial charge on any atom is -0.329 e. The van der Waals surface area contributed by atoms with Crippen LogP contribution in [0.25, 0.3) is 0 Å². The van der Waals surface area contributed by atoms with Crippen molar-refractivity contribution in [1.29, 1.82) is 0 Å². The lowest BCUT2D eigenvalue weighted by Crippen LogP contribution is -2.13. The van der Waals surface area contributed by atoms with Crippen LogP contribution in [0.1, 0.15) is 5.82 Å². The molecule has 0 unspecified atom stereocenters. The molecule has 18 heavy (non-hydrogen) atoms. The quantitative estimate of drug-likeness (QED) is 0.856. The van der Waals surface area contributed by atoms with Crippen LogP contribution < -0.4 is 10.6 Å². The monoisotopic (exact) mass is 260 g/mol. The van der Waals surface area contributed by atoms with Gasteiger partial charge in [-0.2, -0.15) is 0 Å². The third-order valence-electron chi connectivity index (χ3n) is 2.68. The smallest absolute Gasteiger partial charge is 0.144 e. The Morgan fingerprint density at radius 2 is 1.94 bits per heavy atom. The standard InChI is InChI=1S/C13H16N4S/c1-17(10-3-5-11(18-2)6-4-10)13-7-8-15-12(9-14)16-13/h3-8H,9,14H2,1-2H3. The first-order valence-corrected chi connectivity index (χ1v) is 6.87. The van der Waals surface area contributed by atoms with Crippen molar-refractivity contribution in [1.82, 2.24) is 9.97 Å². The van der Waals surface area contributed by atoms with Gasteiger partial charge in [-0.05, 0) is 36.6 Å². The predicted octanol–water partition coefficient (Wildman–Crippen LogP) is 2.43. The molecule has 0 amide bonds. The van der Waals surface area contributed by atoms with Gasteiger partial charge in [0.05, 0.1) is 6.54 Å². The van der Waals surface area contributed by atoms with Crippen LogP contribution in [-0.4, -0.2) is 23.3 Å². The van der Waals surface area contributed by atoms with Crippen LogP contribution >= 0.6 is 11.8 Å². The summed E-state index contributed by atoms with van der Waals surface area (Å²) < 4.78 is 0. The second-order valence-corrected chi connectivity index (χ2v) is 4.67. The minimum absolute atomic E-state index is 0.354. The number of benzene rings is 1. The Bertz CT molecular complexity index is 513. The summed E-state index contributed by atoms with van der Waals surface area (Å²) in [5.74, 6) is 1.50. The summed E-state index contributed by atoms with van der Waals surface area (Å²) >= 11 is 1.73. The summed E-state index contributed by atoms with van der Waals surface area (Å²) in [7, 11) is 1.98. The first-order valence-electron chi connectivity index (χ1n) is 5.64. The van der Waals surface area contributed by atoms with E-state index < -0.39 is 0 Å². The van der Waals surface area contributed by atoms with Crippen LogP contribution in [0.3, 0.4) is 0 Å². The molecule has 1 aromatic carbocycles. The molecule has 2 aromatic rings. The molecule has 0 radical (unpaired) electrons. The van der Waals surface area contributed by atoms with Crippen LogP contribution in [0.5, 0.6) is 0 Å². The van der Waals surface area contributed by atoms with E-state index in [1.54, 1.807) is 18.0 Å². The van der Waals surface area contributed by atoms with Crippen molar-refractivity contribution in [2.24, 2.45) is 5.73 Å². The molecule has 0 saturated carbocycles. The average molecular weight is 260 g/mol. The molecule has 5 heteroatoms. The maximum Gasteiger partial charge on any atom is 0.144 e. The molecule has 0 aliphatic carbocycles. The first-order chi connectivity index (χ1) is 8.74. The van der Waals surface area contributed by atoms with E-state index in [2.05, 4.69) is 40.5 Å². The van der Waals surface area contributed by atoms with Gasteiger partial charge in [0.2, 0.25) is 0 Å². The van der Waals surface area contributed by atoms with E-state index in [9.17, 15) is 0 Å². The number of nitrogens with two attached hydrogens (primary N) is 1. The highest BCUT2D eigenvalue weighted by atomic mass is 32.2. The van der Waals surface area contributed by atoms with Crippen molar-refractivity contribution >= 4 is 23.3 Å². The molecular formula is C13H16N4S. The van der Waals surface area contributed by atoms with E-state index >= 15 is 0 Å². The van der Waals surface area contributed by atoms with Crippen LogP contribution in [0.15, 0.2) is 41.4 Å². The average Bonchev–Trinajstić information content (AvgIpc) is 2.46. The van der Waals surface area contributed by atoms with Gasteiger partial charge in [0, 0.05) is 23.8 Å². The Hall–Kier alpha value is -1.59. The normalized spacial score (nSPS) is 10.4. The number of thioether (sulfide) groups is 1. The lowest BCUT2D eigenvalue weighted by atomic mass is 10.3. The summed E-state index contributed by atoms with van der Waals surface area (Å²) in [6.45, 7) is 0.354. The van der Waals surface area contributed by atoms with E-state index in [-0.39, 0.29) is 0 Å². The van der Waals surface area contributed by atoms with Gasteiger partial charge in [0.1, 0.15) is 11.6 Å². The molecule has 2 rings (SSSR count). The van der Waals surface area contributed by atoms with Crippen molar-refractivity contribution in [2.75, 3.05) is 18.2 Å². The lowest BCUT2D eigenvalue weighted by Gasteiger charge is -2.18. The zero-order valence-electron chi connectivity index (χ0n) is 10.5. The van der Waals surface area contributed by atoms with Gasteiger partial charge < -0.3 is 10.6 Å². The van der Waals surface area contributed by atoms with Crippen LogP contribution in [-0.2, 0) is 6.54 Å². The third-order valence-corrected chi connectivity index (χ3v) is 3.42. The Morgan fingerprint density at radius 1 is 1.22 bits per heavy atom. The molecule has 2 N–H and O–H groups in total. The van der Waals surface area contributed by atoms with Gasteiger partial charge in [-0.3, -0.25) is 0 Å². The summed E-state index contributed by atoms with van der Waals surface area (Å²) in [6, 6.07) is 10.2. The van der Waals surface area contributed by atoms with Gasteiger partial charge in [-0.15, -0.1) is 11.8 Å². The number of rotatable bonds is 4. The maximum atomic E-state index is 5.55. The van der Waals surface area contributed by atoms with Crippen molar-refractivity contribution < 1.29 is 0 Å². The van der Waals surface area contributed by atoms with Gasteiger partial charge in [0.15, 0.2) is 0 Å². The van der Waals surface area contributed by atoms with Crippen molar-refractivity contribution in [3.63, 3.8) is 0 Å². The Kier molecular flexibility index (Phi) is 4.17. The first kappa shape index (κ1) is 12.9. The van der Waals surface area contributed by atoms with Crippen LogP contribution in [0.2, 0.25) is 0 Å².